The Bertz CT molecular complexity index is 744. The monoisotopic (exact) mass is 343 g/mol. The van der Waals surface area contributed by atoms with Gasteiger partial charge in [-0.3, -0.25) is 0 Å². The average Bonchev–Trinajstić information content (AvgIpc) is 2.94. The van der Waals surface area contributed by atoms with Crippen LogP contribution in [0, 0.1) is 13.8 Å². The average molecular weight is 344 g/mol. The molecule has 0 aliphatic heterocycles. The fraction of sp³-hybridized carbons (Fsp3) is 0.133. The van der Waals surface area contributed by atoms with E-state index in [2.05, 4.69) is 31.5 Å². The Morgan fingerprint density at radius 3 is 2.67 bits per heavy atom. The van der Waals surface area contributed by atoms with Crippen LogP contribution < -0.4 is 5.73 Å². The molecule has 0 fully saturated rings. The molecule has 0 saturated carbocycles. The lowest BCUT2D eigenvalue weighted by molar-refractivity contribution is 0.788. The van der Waals surface area contributed by atoms with E-state index in [1.807, 2.05) is 50.2 Å². The van der Waals surface area contributed by atoms with Gasteiger partial charge in [-0.05, 0) is 63.5 Å². The minimum atomic E-state index is 0.672. The van der Waals surface area contributed by atoms with Gasteiger partial charge in [0.1, 0.15) is 0 Å². The van der Waals surface area contributed by atoms with Gasteiger partial charge in [0.05, 0.1) is 5.69 Å². The van der Waals surface area contributed by atoms with Crippen LogP contribution in [0.25, 0.3) is 17.1 Å². The molecule has 0 bridgehead atoms. The number of aryl methyl sites for hydroxylation is 1. The van der Waals surface area contributed by atoms with E-state index in [4.69, 9.17) is 5.73 Å². The van der Waals surface area contributed by atoms with Crippen molar-refractivity contribution < 1.29 is 0 Å². The van der Waals surface area contributed by atoms with Crippen LogP contribution in [0.2, 0.25) is 0 Å². The molecule has 1 aromatic heterocycles. The molecule has 0 atom stereocenters. The Morgan fingerprint density at radius 2 is 1.86 bits per heavy atom. The summed E-state index contributed by atoms with van der Waals surface area (Å²) in [5, 5.41) is 12.1. The lowest BCUT2D eigenvalue weighted by Gasteiger charge is -2.11. The van der Waals surface area contributed by atoms with Gasteiger partial charge in [-0.1, -0.05) is 24.3 Å². The maximum atomic E-state index is 5.98. The second-order valence-corrected chi connectivity index (χ2v) is 5.64. The van der Waals surface area contributed by atoms with Crippen LogP contribution in [0.15, 0.2) is 40.9 Å². The molecule has 6 heteroatoms. The summed E-state index contributed by atoms with van der Waals surface area (Å²) in [5.41, 5.74) is 10.6. The Hall–Kier alpha value is -2.21. The van der Waals surface area contributed by atoms with Crippen LogP contribution in [0.5, 0.6) is 0 Å². The van der Waals surface area contributed by atoms with E-state index in [0.29, 0.717) is 5.82 Å². The zero-order chi connectivity index (χ0) is 15.0. The van der Waals surface area contributed by atoms with E-state index in [9.17, 15) is 0 Å². The first-order chi connectivity index (χ1) is 10.1. The molecule has 5 nitrogen and oxygen atoms in total. The van der Waals surface area contributed by atoms with Crippen molar-refractivity contribution in [3.8, 4) is 17.1 Å². The van der Waals surface area contributed by atoms with Crippen molar-refractivity contribution >= 4 is 21.6 Å². The summed E-state index contributed by atoms with van der Waals surface area (Å²) in [6.45, 7) is 4.00. The van der Waals surface area contributed by atoms with Gasteiger partial charge in [0, 0.05) is 15.7 Å². The Labute approximate surface area is 130 Å². The van der Waals surface area contributed by atoms with Crippen LogP contribution in [-0.4, -0.2) is 20.2 Å². The lowest BCUT2D eigenvalue weighted by Crippen LogP contribution is -2.03. The van der Waals surface area contributed by atoms with Crippen molar-refractivity contribution in [2.24, 2.45) is 0 Å². The number of aromatic nitrogens is 4. The lowest BCUT2D eigenvalue weighted by atomic mass is 10.1. The summed E-state index contributed by atoms with van der Waals surface area (Å²) >= 11 is 3.60. The topological polar surface area (TPSA) is 69.6 Å². The van der Waals surface area contributed by atoms with Crippen molar-refractivity contribution in [1.82, 2.24) is 20.2 Å². The molecule has 0 saturated heterocycles. The number of tetrazole rings is 1. The van der Waals surface area contributed by atoms with Gasteiger partial charge in [-0.25, -0.2) is 0 Å². The molecule has 21 heavy (non-hydrogen) atoms. The molecular weight excluding hydrogens is 330 g/mol. The molecule has 2 aromatic carbocycles. The summed E-state index contributed by atoms with van der Waals surface area (Å²) in [7, 11) is 0. The summed E-state index contributed by atoms with van der Waals surface area (Å²) in [6, 6.07) is 11.7. The summed E-state index contributed by atoms with van der Waals surface area (Å²) in [5.74, 6) is 0.672. The number of hydrogen-bond donors (Lipinski definition) is 1. The number of nitrogens with two attached hydrogens (primary N) is 1. The second-order valence-electron chi connectivity index (χ2n) is 4.84. The Balaban J connectivity index is 2.22. The first-order valence-electron chi connectivity index (χ1n) is 6.49. The SMILES string of the molecule is Cc1cccc(-n2nnnc2-c2cccc(N)c2C)c1Br. The largest absolute Gasteiger partial charge is 0.398 e. The maximum absolute atomic E-state index is 5.98. The smallest absolute Gasteiger partial charge is 0.187 e. The van der Waals surface area contributed by atoms with Crippen LogP contribution in [-0.2, 0) is 0 Å². The Morgan fingerprint density at radius 1 is 1.10 bits per heavy atom. The fourth-order valence-corrected chi connectivity index (χ4v) is 2.64. The number of nitrogen functional groups attached to an aromatic ring is 1. The third-order valence-corrected chi connectivity index (χ3v) is 4.52. The quantitative estimate of drug-likeness (QED) is 0.725. The summed E-state index contributed by atoms with van der Waals surface area (Å²) in [6.07, 6.45) is 0. The van der Waals surface area contributed by atoms with Crippen LogP contribution in [0.1, 0.15) is 11.1 Å². The third-order valence-electron chi connectivity index (χ3n) is 3.49. The van der Waals surface area contributed by atoms with Crippen molar-refractivity contribution in [3.63, 3.8) is 0 Å². The molecular formula is C15H14BrN5. The number of halogens is 1. The molecule has 0 radical (unpaired) electrons. The van der Waals surface area contributed by atoms with Gasteiger partial charge in [0.2, 0.25) is 0 Å². The van der Waals surface area contributed by atoms with E-state index >= 15 is 0 Å². The number of anilines is 1. The second kappa shape index (κ2) is 5.29. The molecule has 3 aromatic rings. The highest BCUT2D eigenvalue weighted by molar-refractivity contribution is 9.10. The van der Waals surface area contributed by atoms with Crippen molar-refractivity contribution in [3.05, 3.63) is 52.0 Å². The van der Waals surface area contributed by atoms with Gasteiger partial charge in [0.25, 0.3) is 0 Å². The first-order valence-corrected chi connectivity index (χ1v) is 7.28. The van der Waals surface area contributed by atoms with Gasteiger partial charge < -0.3 is 5.73 Å². The molecule has 0 amide bonds. The standard InChI is InChI=1S/C15H14BrN5/c1-9-5-3-8-13(14(9)16)21-15(18-19-20-21)11-6-4-7-12(17)10(11)2/h3-8H,17H2,1-2H3. The van der Waals surface area contributed by atoms with Crippen LogP contribution in [0.4, 0.5) is 5.69 Å². The van der Waals surface area contributed by atoms with Gasteiger partial charge in [0.15, 0.2) is 5.82 Å². The highest BCUT2D eigenvalue weighted by Gasteiger charge is 2.16. The zero-order valence-corrected chi connectivity index (χ0v) is 13.3. The fourth-order valence-electron chi connectivity index (χ4n) is 2.21. The van der Waals surface area contributed by atoms with Crippen LogP contribution in [0.3, 0.4) is 0 Å². The molecule has 0 aliphatic carbocycles. The molecule has 0 unspecified atom stereocenters. The number of benzene rings is 2. The van der Waals surface area contributed by atoms with Gasteiger partial charge in [-0.15, -0.1) is 5.10 Å². The van der Waals surface area contributed by atoms with Crippen molar-refractivity contribution in [2.45, 2.75) is 13.8 Å². The molecule has 1 heterocycles. The summed E-state index contributed by atoms with van der Waals surface area (Å²) in [4.78, 5) is 0. The number of rotatable bonds is 2. The number of hydrogen-bond acceptors (Lipinski definition) is 4. The van der Waals surface area contributed by atoms with E-state index in [1.54, 1.807) is 4.68 Å². The molecule has 2 N–H and O–H groups in total. The minimum Gasteiger partial charge on any atom is -0.398 e. The molecule has 0 spiro atoms. The normalized spacial score (nSPS) is 10.8. The zero-order valence-electron chi connectivity index (χ0n) is 11.7. The predicted molar refractivity (Wildman–Crippen MR) is 86.2 cm³/mol. The van der Waals surface area contributed by atoms with Gasteiger partial charge >= 0.3 is 0 Å². The summed E-state index contributed by atoms with van der Waals surface area (Å²) < 4.78 is 2.69. The predicted octanol–water partition coefficient (Wildman–Crippen LogP) is 3.29. The third kappa shape index (κ3) is 2.31. The van der Waals surface area contributed by atoms with E-state index in [0.717, 1.165) is 32.5 Å². The van der Waals surface area contributed by atoms with Crippen molar-refractivity contribution in [1.29, 1.82) is 0 Å². The van der Waals surface area contributed by atoms with Gasteiger partial charge in [-0.2, -0.15) is 4.68 Å². The highest BCUT2D eigenvalue weighted by atomic mass is 79.9. The highest BCUT2D eigenvalue weighted by Crippen LogP contribution is 2.30. The first kappa shape index (κ1) is 13.8. The molecule has 106 valence electrons. The maximum Gasteiger partial charge on any atom is 0.187 e. The molecule has 0 aliphatic rings. The number of nitrogens with zero attached hydrogens (tertiary/aromatic N) is 4. The van der Waals surface area contributed by atoms with E-state index in [1.165, 1.54) is 0 Å². The van der Waals surface area contributed by atoms with E-state index < -0.39 is 0 Å². The van der Waals surface area contributed by atoms with Crippen LogP contribution >= 0.6 is 15.9 Å². The van der Waals surface area contributed by atoms with E-state index in [-0.39, 0.29) is 0 Å². The Kier molecular flexibility index (Phi) is 3.47. The molecule has 3 rings (SSSR count). The minimum absolute atomic E-state index is 0.672. The van der Waals surface area contributed by atoms with Crippen molar-refractivity contribution in [2.75, 3.05) is 5.73 Å².